The van der Waals surface area contributed by atoms with Crippen LogP contribution >= 0.6 is 0 Å². The summed E-state index contributed by atoms with van der Waals surface area (Å²) in [6.07, 6.45) is 2.29. The van der Waals surface area contributed by atoms with Crippen molar-refractivity contribution in [1.82, 2.24) is 0 Å². The van der Waals surface area contributed by atoms with Gasteiger partial charge in [0, 0.05) is 11.3 Å². The Morgan fingerprint density at radius 2 is 1.77 bits per heavy atom. The zero-order chi connectivity index (χ0) is 23.3. The van der Waals surface area contributed by atoms with Gasteiger partial charge in [-0.2, -0.15) is 5.26 Å². The van der Waals surface area contributed by atoms with E-state index >= 15 is 0 Å². The highest BCUT2D eigenvalue weighted by Gasteiger charge is 2.58. The summed E-state index contributed by atoms with van der Waals surface area (Å²) in [5.41, 5.74) is -1.12. The van der Waals surface area contributed by atoms with Crippen molar-refractivity contribution in [1.29, 1.82) is 5.26 Å². The van der Waals surface area contributed by atoms with E-state index in [1.165, 1.54) is 0 Å². The van der Waals surface area contributed by atoms with E-state index in [9.17, 15) is 25.0 Å². The lowest BCUT2D eigenvalue weighted by Crippen LogP contribution is -2.51. The van der Waals surface area contributed by atoms with Crippen molar-refractivity contribution in [2.24, 2.45) is 11.3 Å². The van der Waals surface area contributed by atoms with Crippen LogP contribution in [-0.2, 0) is 25.5 Å². The molecule has 3 atom stereocenters. The van der Waals surface area contributed by atoms with Crippen LogP contribution in [0.15, 0.2) is 30.3 Å². The number of nitriles is 1. The van der Waals surface area contributed by atoms with Crippen LogP contribution in [0.1, 0.15) is 58.4 Å². The average Bonchev–Trinajstić information content (AvgIpc) is 2.75. The highest BCUT2D eigenvalue weighted by molar-refractivity contribution is 5.88. The summed E-state index contributed by atoms with van der Waals surface area (Å²) in [4.78, 5) is 37.4. The third-order valence-corrected chi connectivity index (χ3v) is 5.31. The summed E-state index contributed by atoms with van der Waals surface area (Å²) in [6.45, 7) is 5.11. The third-order valence-electron chi connectivity index (χ3n) is 5.31. The molecule has 0 aliphatic heterocycles. The number of aryl methyl sites for hydroxylation is 1. The Balaban J connectivity index is 3.44. The maximum absolute atomic E-state index is 13.0. The van der Waals surface area contributed by atoms with Crippen LogP contribution in [0.4, 0.5) is 0 Å². The number of carbonyl (C=O) groups is 2. The number of esters is 2. The fourth-order valence-corrected chi connectivity index (χ4v) is 3.74. The van der Waals surface area contributed by atoms with E-state index in [-0.39, 0.29) is 26.1 Å². The Morgan fingerprint density at radius 1 is 1.13 bits per heavy atom. The Kier molecular flexibility index (Phi) is 11.3. The summed E-state index contributed by atoms with van der Waals surface area (Å²) in [6, 6.07) is 9.63. The topological polar surface area (TPSA) is 120 Å². The quantitative estimate of drug-likeness (QED) is 0.188. The number of unbranched alkanes of at least 4 members (excludes halogenated alkanes) is 2. The Bertz CT molecular complexity index is 761. The molecular formula is C23H32N2O6. The molecule has 0 bridgehead atoms. The van der Waals surface area contributed by atoms with Crippen LogP contribution in [0.2, 0.25) is 0 Å². The number of hydrogen-bond donors (Lipinski definition) is 0. The molecule has 31 heavy (non-hydrogen) atoms. The molecule has 3 unspecified atom stereocenters. The standard InChI is InChI=1S/C23H32N2O6/c1-4-7-11-16-23(17-24,22(27)31-6-3)20(21(26)30-5-2)19(25(28)29)15-14-18-12-9-8-10-13-18/h8-10,12-13,19-20H,4-7,11,14-16H2,1-3H3. The molecule has 0 aliphatic carbocycles. The molecule has 0 aliphatic rings. The SMILES string of the molecule is CCCCCC(C#N)(C(=O)OCC)C(C(=O)OCC)C(CCc1ccccc1)[N+](=O)[O-]. The Morgan fingerprint density at radius 3 is 2.29 bits per heavy atom. The predicted molar refractivity (Wildman–Crippen MR) is 114 cm³/mol. The predicted octanol–water partition coefficient (Wildman–Crippen LogP) is 4.10. The molecule has 1 aromatic carbocycles. The molecule has 0 fully saturated rings. The van der Waals surface area contributed by atoms with E-state index in [1.54, 1.807) is 13.8 Å². The van der Waals surface area contributed by atoms with Gasteiger partial charge in [-0.15, -0.1) is 0 Å². The molecule has 0 spiro atoms. The van der Waals surface area contributed by atoms with Crippen molar-refractivity contribution in [2.45, 2.75) is 65.3 Å². The van der Waals surface area contributed by atoms with Gasteiger partial charge in [0.2, 0.25) is 6.04 Å². The minimum absolute atomic E-state index is 0.00126. The normalized spacial score (nSPS) is 14.5. The van der Waals surface area contributed by atoms with Gasteiger partial charge in [0.05, 0.1) is 19.3 Å². The molecule has 8 nitrogen and oxygen atoms in total. The second-order valence-electron chi connectivity index (χ2n) is 7.37. The largest absolute Gasteiger partial charge is 0.466 e. The number of carbonyl (C=O) groups excluding carboxylic acids is 2. The van der Waals surface area contributed by atoms with Gasteiger partial charge >= 0.3 is 11.9 Å². The summed E-state index contributed by atoms with van der Waals surface area (Å²) in [5.74, 6) is -3.38. The van der Waals surface area contributed by atoms with Gasteiger partial charge in [-0.05, 0) is 32.3 Å². The molecule has 8 heteroatoms. The van der Waals surface area contributed by atoms with Crippen LogP contribution in [0, 0.1) is 32.8 Å². The van der Waals surface area contributed by atoms with Gasteiger partial charge in [0.1, 0.15) is 0 Å². The lowest BCUT2D eigenvalue weighted by molar-refractivity contribution is -0.533. The second kappa shape index (κ2) is 13.4. The van der Waals surface area contributed by atoms with Gasteiger partial charge in [-0.1, -0.05) is 56.5 Å². The van der Waals surface area contributed by atoms with Crippen molar-refractivity contribution in [2.75, 3.05) is 13.2 Å². The number of ether oxygens (including phenoxy) is 2. The van der Waals surface area contributed by atoms with E-state index in [0.29, 0.717) is 19.3 Å². The first-order valence-corrected chi connectivity index (χ1v) is 10.8. The molecule has 0 aromatic heterocycles. The highest BCUT2D eigenvalue weighted by Crippen LogP contribution is 2.40. The van der Waals surface area contributed by atoms with Gasteiger partial charge in [-0.3, -0.25) is 19.7 Å². The summed E-state index contributed by atoms with van der Waals surface area (Å²) < 4.78 is 10.3. The van der Waals surface area contributed by atoms with Crippen molar-refractivity contribution in [3.05, 3.63) is 46.0 Å². The minimum Gasteiger partial charge on any atom is -0.466 e. The van der Waals surface area contributed by atoms with E-state index in [0.717, 1.165) is 12.0 Å². The van der Waals surface area contributed by atoms with E-state index in [4.69, 9.17) is 9.47 Å². The smallest absolute Gasteiger partial charge is 0.327 e. The van der Waals surface area contributed by atoms with Crippen molar-refractivity contribution in [3.8, 4) is 6.07 Å². The van der Waals surface area contributed by atoms with E-state index in [1.807, 2.05) is 43.3 Å². The van der Waals surface area contributed by atoms with Gasteiger partial charge in [-0.25, -0.2) is 0 Å². The van der Waals surface area contributed by atoms with Gasteiger partial charge in [0.15, 0.2) is 11.3 Å². The molecule has 0 radical (unpaired) electrons. The lowest BCUT2D eigenvalue weighted by atomic mass is 9.68. The molecule has 0 heterocycles. The summed E-state index contributed by atoms with van der Waals surface area (Å²) in [5, 5.41) is 22.2. The molecule has 0 N–H and O–H groups in total. The van der Waals surface area contributed by atoms with Crippen LogP contribution in [0.25, 0.3) is 0 Å². The zero-order valence-electron chi connectivity index (χ0n) is 18.5. The fraction of sp³-hybridized carbons (Fsp3) is 0.609. The van der Waals surface area contributed by atoms with Gasteiger partial charge in [0.25, 0.3) is 0 Å². The number of nitrogens with zero attached hydrogens (tertiary/aromatic N) is 2. The van der Waals surface area contributed by atoms with Crippen LogP contribution < -0.4 is 0 Å². The minimum atomic E-state index is -1.98. The Hall–Kier alpha value is -2.95. The molecule has 0 saturated heterocycles. The lowest BCUT2D eigenvalue weighted by Gasteiger charge is -2.32. The molecular weight excluding hydrogens is 400 g/mol. The van der Waals surface area contributed by atoms with Gasteiger partial charge < -0.3 is 9.47 Å². The maximum Gasteiger partial charge on any atom is 0.327 e. The maximum atomic E-state index is 13.0. The number of rotatable bonds is 14. The summed E-state index contributed by atoms with van der Waals surface area (Å²) in [7, 11) is 0. The van der Waals surface area contributed by atoms with Crippen molar-refractivity contribution in [3.63, 3.8) is 0 Å². The first-order valence-electron chi connectivity index (χ1n) is 10.8. The first kappa shape index (κ1) is 26.1. The highest BCUT2D eigenvalue weighted by atomic mass is 16.6. The van der Waals surface area contributed by atoms with Crippen molar-refractivity contribution >= 4 is 11.9 Å². The molecule has 1 rings (SSSR count). The first-order chi connectivity index (χ1) is 14.9. The molecule has 170 valence electrons. The Labute approximate surface area is 183 Å². The monoisotopic (exact) mass is 432 g/mol. The molecule has 0 amide bonds. The number of benzene rings is 1. The second-order valence-corrected chi connectivity index (χ2v) is 7.37. The van der Waals surface area contributed by atoms with Crippen LogP contribution in [0.5, 0.6) is 0 Å². The third kappa shape index (κ3) is 7.06. The van der Waals surface area contributed by atoms with Crippen LogP contribution in [0.3, 0.4) is 0 Å². The fourth-order valence-electron chi connectivity index (χ4n) is 3.74. The molecule has 1 aromatic rings. The van der Waals surface area contributed by atoms with Crippen molar-refractivity contribution < 1.29 is 24.0 Å². The van der Waals surface area contributed by atoms with Crippen LogP contribution in [-0.4, -0.2) is 36.1 Å². The van der Waals surface area contributed by atoms with E-state index in [2.05, 4.69) is 0 Å². The zero-order valence-corrected chi connectivity index (χ0v) is 18.5. The van der Waals surface area contributed by atoms with E-state index < -0.39 is 34.2 Å². The number of nitro groups is 1. The summed E-state index contributed by atoms with van der Waals surface area (Å²) >= 11 is 0. The number of hydrogen-bond acceptors (Lipinski definition) is 7. The molecule has 0 saturated carbocycles. The average molecular weight is 433 g/mol.